The highest BCUT2D eigenvalue weighted by Crippen LogP contribution is 2.39. The molecule has 16 heavy (non-hydrogen) atoms. The Morgan fingerprint density at radius 1 is 1.44 bits per heavy atom. The number of hydrogen-bond acceptors (Lipinski definition) is 4. The average Bonchev–Trinajstić information content (AvgIpc) is 3.01. The molecular formula is C11H16N4O. The van der Waals surface area contributed by atoms with Crippen LogP contribution in [0.5, 0.6) is 0 Å². The molecule has 3 N–H and O–H groups in total. The molecule has 0 aromatic carbocycles. The van der Waals surface area contributed by atoms with E-state index in [-0.39, 0.29) is 11.4 Å². The fourth-order valence-electron chi connectivity index (χ4n) is 1.72. The van der Waals surface area contributed by atoms with Gasteiger partial charge < -0.3 is 11.1 Å². The lowest BCUT2D eigenvalue weighted by molar-refractivity contribution is 0.0898. The summed E-state index contributed by atoms with van der Waals surface area (Å²) in [4.78, 5) is 19.6. The molecule has 0 radical (unpaired) electrons. The van der Waals surface area contributed by atoms with Gasteiger partial charge in [-0.05, 0) is 32.6 Å². The Kier molecular flexibility index (Phi) is 2.53. The van der Waals surface area contributed by atoms with Crippen LogP contribution in [0, 0.1) is 5.92 Å². The van der Waals surface area contributed by atoms with Crippen molar-refractivity contribution in [3.8, 4) is 0 Å². The smallest absolute Gasteiger partial charge is 0.271 e. The molecule has 1 saturated carbocycles. The van der Waals surface area contributed by atoms with E-state index in [4.69, 9.17) is 5.73 Å². The molecule has 1 aliphatic carbocycles. The molecule has 0 saturated heterocycles. The first-order valence-electron chi connectivity index (χ1n) is 5.39. The summed E-state index contributed by atoms with van der Waals surface area (Å²) in [6, 6.07) is 0. The summed E-state index contributed by atoms with van der Waals surface area (Å²) in [5.41, 5.74) is 5.55. The Balaban J connectivity index is 2.05. The van der Waals surface area contributed by atoms with Crippen molar-refractivity contribution in [2.75, 3.05) is 5.73 Å². The number of aromatic nitrogens is 2. The van der Waals surface area contributed by atoms with Crippen LogP contribution in [-0.2, 0) is 0 Å². The molecule has 1 aromatic heterocycles. The highest BCUT2D eigenvalue weighted by Gasteiger charge is 2.38. The van der Waals surface area contributed by atoms with Crippen molar-refractivity contribution in [2.45, 2.75) is 32.2 Å². The number of nitrogens with one attached hydrogen (secondary N) is 1. The van der Waals surface area contributed by atoms with Gasteiger partial charge in [-0.3, -0.25) is 4.79 Å². The van der Waals surface area contributed by atoms with Crippen molar-refractivity contribution < 1.29 is 4.79 Å². The number of anilines is 1. The zero-order chi connectivity index (χ0) is 11.8. The van der Waals surface area contributed by atoms with Gasteiger partial charge in [0.15, 0.2) is 0 Å². The third kappa shape index (κ3) is 2.29. The van der Waals surface area contributed by atoms with Crippen LogP contribution in [0.3, 0.4) is 0 Å². The lowest BCUT2D eigenvalue weighted by atomic mass is 9.98. The molecule has 1 aromatic rings. The number of nitrogen functional groups attached to an aromatic ring is 1. The van der Waals surface area contributed by atoms with Crippen molar-refractivity contribution >= 4 is 11.7 Å². The van der Waals surface area contributed by atoms with Gasteiger partial charge in [0, 0.05) is 5.54 Å². The van der Waals surface area contributed by atoms with Crippen LogP contribution in [0.1, 0.15) is 37.2 Å². The summed E-state index contributed by atoms with van der Waals surface area (Å²) < 4.78 is 0. The molecule has 1 fully saturated rings. The van der Waals surface area contributed by atoms with Crippen LogP contribution >= 0.6 is 0 Å². The molecule has 1 heterocycles. The molecule has 5 nitrogen and oxygen atoms in total. The minimum absolute atomic E-state index is 0.167. The van der Waals surface area contributed by atoms with Gasteiger partial charge in [0.05, 0.1) is 12.4 Å². The maximum atomic E-state index is 11.8. The van der Waals surface area contributed by atoms with Crippen LogP contribution in [0.4, 0.5) is 5.82 Å². The Morgan fingerprint density at radius 2 is 2.12 bits per heavy atom. The van der Waals surface area contributed by atoms with E-state index in [0.717, 1.165) is 0 Å². The van der Waals surface area contributed by atoms with E-state index in [1.165, 1.54) is 25.2 Å². The summed E-state index contributed by atoms with van der Waals surface area (Å²) in [5, 5.41) is 2.97. The van der Waals surface area contributed by atoms with E-state index < -0.39 is 0 Å². The SMILES string of the molecule is CC(C)(NC(=O)c1cnc(N)cn1)C1CC1. The molecular weight excluding hydrogens is 204 g/mol. The molecule has 0 spiro atoms. The van der Waals surface area contributed by atoms with Gasteiger partial charge in [-0.25, -0.2) is 9.97 Å². The number of carbonyl (C=O) groups is 1. The summed E-state index contributed by atoms with van der Waals surface area (Å²) in [6.45, 7) is 4.07. The van der Waals surface area contributed by atoms with Crippen molar-refractivity contribution in [3.05, 3.63) is 18.1 Å². The first kappa shape index (κ1) is 10.9. The van der Waals surface area contributed by atoms with Gasteiger partial charge in [-0.1, -0.05) is 0 Å². The standard InChI is InChI=1S/C11H16N4O/c1-11(2,7-3-4-7)15-10(16)8-5-14-9(12)6-13-8/h5-7H,3-4H2,1-2H3,(H2,12,14)(H,15,16). The quantitative estimate of drug-likeness (QED) is 0.795. The second kappa shape index (κ2) is 3.73. The van der Waals surface area contributed by atoms with Crippen molar-refractivity contribution in [2.24, 2.45) is 5.92 Å². The average molecular weight is 220 g/mol. The third-order valence-corrected chi connectivity index (χ3v) is 2.94. The topological polar surface area (TPSA) is 80.9 Å². The van der Waals surface area contributed by atoms with Gasteiger partial charge in [-0.15, -0.1) is 0 Å². The van der Waals surface area contributed by atoms with Crippen LogP contribution in [-0.4, -0.2) is 21.4 Å². The van der Waals surface area contributed by atoms with Gasteiger partial charge in [-0.2, -0.15) is 0 Å². The maximum absolute atomic E-state index is 11.8. The highest BCUT2D eigenvalue weighted by molar-refractivity contribution is 5.92. The van der Waals surface area contributed by atoms with E-state index in [1.54, 1.807) is 0 Å². The Morgan fingerprint density at radius 3 is 2.62 bits per heavy atom. The largest absolute Gasteiger partial charge is 0.382 e. The van der Waals surface area contributed by atoms with Crippen molar-refractivity contribution in [1.82, 2.24) is 15.3 Å². The molecule has 0 atom stereocenters. The predicted molar refractivity (Wildman–Crippen MR) is 60.7 cm³/mol. The van der Waals surface area contributed by atoms with Crippen LogP contribution in [0.2, 0.25) is 0 Å². The van der Waals surface area contributed by atoms with E-state index in [2.05, 4.69) is 15.3 Å². The molecule has 1 amide bonds. The molecule has 2 rings (SSSR count). The lowest BCUT2D eigenvalue weighted by Gasteiger charge is -2.25. The first-order valence-corrected chi connectivity index (χ1v) is 5.39. The molecule has 0 unspecified atom stereocenters. The fourth-order valence-corrected chi connectivity index (χ4v) is 1.72. The number of amides is 1. The molecule has 86 valence electrons. The highest BCUT2D eigenvalue weighted by atomic mass is 16.2. The minimum atomic E-state index is -0.190. The number of carbonyl (C=O) groups excluding carboxylic acids is 1. The Bertz CT molecular complexity index is 395. The monoisotopic (exact) mass is 220 g/mol. The lowest BCUT2D eigenvalue weighted by Crippen LogP contribution is -2.45. The summed E-state index contributed by atoms with van der Waals surface area (Å²) in [6.07, 6.45) is 5.15. The minimum Gasteiger partial charge on any atom is -0.382 e. The normalized spacial score (nSPS) is 15.9. The fraction of sp³-hybridized carbons (Fsp3) is 0.545. The second-order valence-electron chi connectivity index (χ2n) is 4.78. The van der Waals surface area contributed by atoms with Crippen molar-refractivity contribution in [3.63, 3.8) is 0 Å². The van der Waals surface area contributed by atoms with Crippen LogP contribution in [0.25, 0.3) is 0 Å². The first-order chi connectivity index (χ1) is 7.49. The van der Waals surface area contributed by atoms with Gasteiger partial charge in [0.2, 0.25) is 0 Å². The predicted octanol–water partition coefficient (Wildman–Crippen LogP) is 0.977. The number of nitrogens with two attached hydrogens (primary N) is 1. The van der Waals surface area contributed by atoms with Crippen LogP contribution < -0.4 is 11.1 Å². The van der Waals surface area contributed by atoms with Gasteiger partial charge in [0.1, 0.15) is 11.5 Å². The number of rotatable bonds is 3. The van der Waals surface area contributed by atoms with E-state index in [0.29, 0.717) is 17.4 Å². The van der Waals surface area contributed by atoms with Crippen LogP contribution in [0.15, 0.2) is 12.4 Å². The molecule has 1 aliphatic rings. The van der Waals surface area contributed by atoms with E-state index >= 15 is 0 Å². The molecule has 0 bridgehead atoms. The second-order valence-corrected chi connectivity index (χ2v) is 4.78. The Labute approximate surface area is 94.5 Å². The summed E-state index contributed by atoms with van der Waals surface area (Å²) >= 11 is 0. The zero-order valence-corrected chi connectivity index (χ0v) is 9.53. The molecule has 0 aliphatic heterocycles. The summed E-state index contributed by atoms with van der Waals surface area (Å²) in [5.74, 6) is 0.709. The summed E-state index contributed by atoms with van der Waals surface area (Å²) in [7, 11) is 0. The van der Waals surface area contributed by atoms with E-state index in [1.807, 2.05) is 13.8 Å². The van der Waals surface area contributed by atoms with Gasteiger partial charge >= 0.3 is 0 Å². The number of hydrogen-bond donors (Lipinski definition) is 2. The van der Waals surface area contributed by atoms with Gasteiger partial charge in [0.25, 0.3) is 5.91 Å². The number of nitrogens with zero attached hydrogens (tertiary/aromatic N) is 2. The maximum Gasteiger partial charge on any atom is 0.271 e. The van der Waals surface area contributed by atoms with Crippen molar-refractivity contribution in [1.29, 1.82) is 0 Å². The zero-order valence-electron chi connectivity index (χ0n) is 9.53. The third-order valence-electron chi connectivity index (χ3n) is 2.94. The van der Waals surface area contributed by atoms with E-state index in [9.17, 15) is 4.79 Å². The molecule has 5 heteroatoms. The Hall–Kier alpha value is -1.65.